The Kier molecular flexibility index (Phi) is 7.20. The van der Waals surface area contributed by atoms with Crippen molar-refractivity contribution in [3.63, 3.8) is 0 Å². The molecule has 0 aromatic heterocycles. The summed E-state index contributed by atoms with van der Waals surface area (Å²) in [6.07, 6.45) is 12.9. The predicted octanol–water partition coefficient (Wildman–Crippen LogP) is 9.21. The first-order valence-corrected chi connectivity index (χ1v) is 19.0. The Balaban J connectivity index is 1.45. The molecule has 0 aromatic rings. The maximum atomic E-state index is 7.06. The van der Waals surface area contributed by atoms with Crippen LogP contribution in [0.1, 0.15) is 120 Å². The minimum absolute atomic E-state index is 0.224. The van der Waals surface area contributed by atoms with Crippen molar-refractivity contribution in [3.05, 3.63) is 0 Å². The second-order valence-corrected chi connectivity index (χ2v) is 21.5. The molecule has 0 amide bonds. The SMILES string of the molecule is CCC[C@@H](C)[C@H]1CCC2C3C(CC[C@@]21C)[C@@]1(C)CC[C@@H](O[Si](C)(C)C(C)(C)C)CC1[C@H]1OC(C)(C)O[C@H]31. The van der Waals surface area contributed by atoms with Crippen molar-refractivity contribution < 1.29 is 13.9 Å². The molecule has 5 rings (SSSR count). The second kappa shape index (κ2) is 9.31. The Labute approximate surface area is 230 Å². The Hall–Kier alpha value is 0.0969. The standard InChI is InChI=1S/C33H60O3Si/c1-12-13-21(2)23-14-15-24-27-25(17-19-32(23,24)8)33(9)18-16-22(36-37(10,11)30(3,4)5)20-26(33)28-29(27)35-31(6,7)34-28/h21-29H,12-20H2,1-11H3/t21-,22-,23-,24?,25?,26?,27?,28-,29-,32-,33-/m1/s1. The first kappa shape index (κ1) is 28.6. The molecule has 0 N–H and O–H groups in total. The van der Waals surface area contributed by atoms with Crippen LogP contribution >= 0.6 is 0 Å². The monoisotopic (exact) mass is 532 g/mol. The quantitative estimate of drug-likeness (QED) is 0.330. The van der Waals surface area contributed by atoms with Crippen LogP contribution < -0.4 is 0 Å². The lowest BCUT2D eigenvalue weighted by atomic mass is 9.43. The van der Waals surface area contributed by atoms with E-state index in [9.17, 15) is 0 Å². The van der Waals surface area contributed by atoms with Crippen LogP contribution in [-0.4, -0.2) is 32.4 Å². The lowest BCUT2D eigenvalue weighted by molar-refractivity contribution is -0.189. The molecule has 4 aliphatic carbocycles. The van der Waals surface area contributed by atoms with Gasteiger partial charge < -0.3 is 13.9 Å². The van der Waals surface area contributed by atoms with Crippen LogP contribution in [0, 0.1) is 46.3 Å². The summed E-state index contributed by atoms with van der Waals surface area (Å²) in [5, 5.41) is 0.255. The molecule has 0 aromatic carbocycles. The summed E-state index contributed by atoms with van der Waals surface area (Å²) in [4.78, 5) is 0. The molecule has 0 radical (unpaired) electrons. The predicted molar refractivity (Wildman–Crippen MR) is 156 cm³/mol. The topological polar surface area (TPSA) is 27.7 Å². The molecule has 5 aliphatic rings. The fourth-order valence-electron chi connectivity index (χ4n) is 10.5. The van der Waals surface area contributed by atoms with Gasteiger partial charge in [-0.05, 0) is 123 Å². The molecule has 1 heterocycles. The molecule has 3 nitrogen and oxygen atoms in total. The summed E-state index contributed by atoms with van der Waals surface area (Å²) in [6.45, 7) is 26.6. The van der Waals surface area contributed by atoms with Gasteiger partial charge in [-0.15, -0.1) is 0 Å². The van der Waals surface area contributed by atoms with Crippen LogP contribution in [0.4, 0.5) is 0 Å². The zero-order chi connectivity index (χ0) is 27.2. The third kappa shape index (κ3) is 4.54. The maximum Gasteiger partial charge on any atom is 0.192 e. The Morgan fingerprint density at radius 2 is 1.49 bits per heavy atom. The average molecular weight is 533 g/mol. The van der Waals surface area contributed by atoms with Gasteiger partial charge in [0.15, 0.2) is 14.1 Å². The van der Waals surface area contributed by atoms with Crippen molar-refractivity contribution in [1.29, 1.82) is 0 Å². The van der Waals surface area contributed by atoms with Crippen molar-refractivity contribution in [3.8, 4) is 0 Å². The highest BCUT2D eigenvalue weighted by atomic mass is 28.4. The number of fused-ring (bicyclic) bond motifs is 8. The van der Waals surface area contributed by atoms with Gasteiger partial charge in [0, 0.05) is 6.10 Å². The van der Waals surface area contributed by atoms with E-state index in [1.54, 1.807) is 0 Å². The summed E-state index contributed by atoms with van der Waals surface area (Å²) >= 11 is 0. The highest BCUT2D eigenvalue weighted by Gasteiger charge is 2.68. The van der Waals surface area contributed by atoms with E-state index < -0.39 is 14.1 Å². The van der Waals surface area contributed by atoms with Gasteiger partial charge in [-0.2, -0.15) is 0 Å². The fraction of sp³-hybridized carbons (Fsp3) is 1.00. The van der Waals surface area contributed by atoms with Gasteiger partial charge in [0.1, 0.15) is 0 Å². The molecule has 11 atom stereocenters. The molecule has 1 saturated heterocycles. The molecule has 4 heteroatoms. The largest absolute Gasteiger partial charge is 0.414 e. The zero-order valence-corrected chi connectivity index (χ0v) is 27.3. The molecular formula is C33H60O3Si. The normalized spacial score (nSPS) is 48.1. The van der Waals surface area contributed by atoms with Gasteiger partial charge in [0.2, 0.25) is 0 Å². The molecular weight excluding hydrogens is 472 g/mol. The van der Waals surface area contributed by atoms with Crippen LogP contribution in [0.25, 0.3) is 0 Å². The first-order valence-electron chi connectivity index (χ1n) is 16.1. The molecule has 214 valence electrons. The number of hydrogen-bond acceptors (Lipinski definition) is 3. The van der Waals surface area contributed by atoms with E-state index in [4.69, 9.17) is 13.9 Å². The molecule has 4 saturated carbocycles. The zero-order valence-electron chi connectivity index (χ0n) is 26.3. The molecule has 0 spiro atoms. The van der Waals surface area contributed by atoms with Crippen LogP contribution in [0.2, 0.25) is 18.1 Å². The van der Waals surface area contributed by atoms with Crippen molar-refractivity contribution in [2.24, 2.45) is 46.3 Å². The smallest absolute Gasteiger partial charge is 0.192 e. The number of ether oxygens (including phenoxy) is 2. The van der Waals surface area contributed by atoms with Crippen molar-refractivity contribution in [1.82, 2.24) is 0 Å². The van der Waals surface area contributed by atoms with E-state index in [0.29, 0.717) is 28.8 Å². The van der Waals surface area contributed by atoms with E-state index in [-0.39, 0.29) is 17.2 Å². The van der Waals surface area contributed by atoms with Crippen LogP contribution in [0.3, 0.4) is 0 Å². The van der Waals surface area contributed by atoms with E-state index >= 15 is 0 Å². The van der Waals surface area contributed by atoms with E-state index in [0.717, 1.165) is 30.1 Å². The molecule has 0 bridgehead atoms. The van der Waals surface area contributed by atoms with E-state index in [2.05, 4.69) is 75.4 Å². The lowest BCUT2D eigenvalue weighted by Gasteiger charge is -2.64. The molecule has 37 heavy (non-hydrogen) atoms. The molecule has 4 unspecified atom stereocenters. The Morgan fingerprint density at radius 1 is 0.865 bits per heavy atom. The van der Waals surface area contributed by atoms with Crippen LogP contribution in [-0.2, 0) is 13.9 Å². The minimum atomic E-state index is -1.79. The van der Waals surface area contributed by atoms with Gasteiger partial charge in [-0.1, -0.05) is 61.3 Å². The highest BCUT2D eigenvalue weighted by Crippen LogP contribution is 2.70. The maximum absolute atomic E-state index is 7.06. The summed E-state index contributed by atoms with van der Waals surface area (Å²) in [5.41, 5.74) is 0.819. The van der Waals surface area contributed by atoms with Crippen molar-refractivity contribution in [2.75, 3.05) is 0 Å². The lowest BCUT2D eigenvalue weighted by Crippen LogP contribution is -2.64. The summed E-state index contributed by atoms with van der Waals surface area (Å²) in [7, 11) is -1.79. The Bertz CT molecular complexity index is 847. The number of rotatable bonds is 5. The Morgan fingerprint density at radius 3 is 2.14 bits per heavy atom. The van der Waals surface area contributed by atoms with Crippen LogP contribution in [0.5, 0.6) is 0 Å². The van der Waals surface area contributed by atoms with Gasteiger partial charge in [0.25, 0.3) is 0 Å². The third-order valence-electron chi connectivity index (χ3n) is 13.3. The second-order valence-electron chi connectivity index (χ2n) is 16.7. The molecule has 5 fully saturated rings. The number of hydrogen-bond donors (Lipinski definition) is 0. The van der Waals surface area contributed by atoms with Crippen LogP contribution in [0.15, 0.2) is 0 Å². The van der Waals surface area contributed by atoms with Crippen molar-refractivity contribution in [2.45, 2.75) is 162 Å². The minimum Gasteiger partial charge on any atom is -0.414 e. The van der Waals surface area contributed by atoms with Gasteiger partial charge in [-0.3, -0.25) is 0 Å². The fourth-order valence-corrected chi connectivity index (χ4v) is 11.9. The molecule has 1 aliphatic heterocycles. The van der Waals surface area contributed by atoms with E-state index in [1.165, 1.54) is 51.4 Å². The third-order valence-corrected chi connectivity index (χ3v) is 17.8. The first-order chi connectivity index (χ1) is 17.0. The van der Waals surface area contributed by atoms with Crippen molar-refractivity contribution >= 4 is 8.32 Å². The average Bonchev–Trinajstić information content (AvgIpc) is 3.29. The van der Waals surface area contributed by atoms with Gasteiger partial charge >= 0.3 is 0 Å². The van der Waals surface area contributed by atoms with Gasteiger partial charge in [-0.25, -0.2) is 0 Å². The van der Waals surface area contributed by atoms with E-state index in [1.807, 2.05) is 0 Å². The highest BCUT2D eigenvalue weighted by molar-refractivity contribution is 6.74. The summed E-state index contributed by atoms with van der Waals surface area (Å²) in [6, 6.07) is 0. The summed E-state index contributed by atoms with van der Waals surface area (Å²) < 4.78 is 20.9. The van der Waals surface area contributed by atoms with Gasteiger partial charge in [0.05, 0.1) is 12.2 Å². The summed E-state index contributed by atoms with van der Waals surface area (Å²) in [5.74, 6) is 4.02.